The van der Waals surface area contributed by atoms with E-state index in [1.807, 2.05) is 0 Å². The van der Waals surface area contributed by atoms with Gasteiger partial charge in [0.1, 0.15) is 5.82 Å². The molecule has 2 aromatic rings. The summed E-state index contributed by atoms with van der Waals surface area (Å²) in [5.41, 5.74) is 2.41. The molecular weight excluding hydrogens is 454 g/mol. The maximum atomic E-state index is 13.0. The molecular formula is C21H28FIN4. The molecule has 27 heavy (non-hydrogen) atoms. The zero-order valence-electron chi connectivity index (χ0n) is 15.7. The zero-order chi connectivity index (χ0) is 18.2. The lowest BCUT2D eigenvalue weighted by Gasteiger charge is -2.33. The molecule has 0 amide bonds. The van der Waals surface area contributed by atoms with Crippen LogP contribution in [-0.2, 0) is 13.1 Å². The number of benzene rings is 2. The third-order valence-corrected chi connectivity index (χ3v) is 4.77. The summed E-state index contributed by atoms with van der Waals surface area (Å²) in [5, 5.41) is 6.82. The fraction of sp³-hybridized carbons (Fsp3) is 0.381. The van der Waals surface area contributed by atoms with Crippen molar-refractivity contribution in [2.24, 2.45) is 4.99 Å². The summed E-state index contributed by atoms with van der Waals surface area (Å²) >= 11 is 0. The molecule has 0 aliphatic carbocycles. The largest absolute Gasteiger partial charge is 0.354 e. The highest BCUT2D eigenvalue weighted by molar-refractivity contribution is 14.0. The second-order valence-electron chi connectivity index (χ2n) is 6.73. The van der Waals surface area contributed by atoms with Crippen molar-refractivity contribution in [2.45, 2.75) is 32.0 Å². The standard InChI is InChI=1S/C21H27FN4.HI/c1-23-21(24-15-17-7-9-19(22)10-8-17)25-20-11-13-26(14-12-20)16-18-5-3-2-4-6-18;/h2-10,20H,11-16H2,1H3,(H2,23,24,25);1H. The van der Waals surface area contributed by atoms with Gasteiger partial charge in [-0.2, -0.15) is 0 Å². The molecule has 146 valence electrons. The summed E-state index contributed by atoms with van der Waals surface area (Å²) in [5.74, 6) is 0.592. The van der Waals surface area contributed by atoms with Gasteiger partial charge in [-0.25, -0.2) is 4.39 Å². The Hall–Kier alpha value is -1.67. The van der Waals surface area contributed by atoms with E-state index < -0.39 is 0 Å². The number of hydrogen-bond donors (Lipinski definition) is 2. The quantitative estimate of drug-likeness (QED) is 0.387. The lowest BCUT2D eigenvalue weighted by Crippen LogP contribution is -2.48. The summed E-state index contributed by atoms with van der Waals surface area (Å²) in [6.07, 6.45) is 2.20. The summed E-state index contributed by atoms with van der Waals surface area (Å²) in [7, 11) is 1.78. The molecule has 1 fully saturated rings. The first-order chi connectivity index (χ1) is 12.7. The highest BCUT2D eigenvalue weighted by atomic mass is 127. The Morgan fingerprint density at radius 2 is 1.70 bits per heavy atom. The van der Waals surface area contributed by atoms with Crippen LogP contribution in [-0.4, -0.2) is 37.0 Å². The summed E-state index contributed by atoms with van der Waals surface area (Å²) in [6.45, 7) is 3.82. The van der Waals surface area contributed by atoms with E-state index in [4.69, 9.17) is 0 Å². The van der Waals surface area contributed by atoms with Gasteiger partial charge < -0.3 is 10.6 Å². The van der Waals surface area contributed by atoms with E-state index in [-0.39, 0.29) is 29.8 Å². The van der Waals surface area contributed by atoms with Gasteiger partial charge in [0.2, 0.25) is 0 Å². The third kappa shape index (κ3) is 7.10. The van der Waals surface area contributed by atoms with Crippen LogP contribution in [0.1, 0.15) is 24.0 Å². The fourth-order valence-electron chi connectivity index (χ4n) is 3.25. The topological polar surface area (TPSA) is 39.7 Å². The number of aliphatic imine (C=N–C) groups is 1. The van der Waals surface area contributed by atoms with Gasteiger partial charge in [-0.15, -0.1) is 24.0 Å². The van der Waals surface area contributed by atoms with Crippen molar-refractivity contribution in [3.05, 3.63) is 71.5 Å². The molecule has 6 heteroatoms. The van der Waals surface area contributed by atoms with Crippen LogP contribution in [0.5, 0.6) is 0 Å². The Balaban J connectivity index is 0.00000261. The average Bonchev–Trinajstić information content (AvgIpc) is 2.68. The van der Waals surface area contributed by atoms with Gasteiger partial charge in [0.25, 0.3) is 0 Å². The molecule has 0 saturated carbocycles. The predicted octanol–water partition coefficient (Wildman–Crippen LogP) is 3.77. The predicted molar refractivity (Wildman–Crippen MR) is 120 cm³/mol. The molecule has 0 aromatic heterocycles. The first-order valence-corrected chi connectivity index (χ1v) is 9.21. The maximum Gasteiger partial charge on any atom is 0.191 e. The van der Waals surface area contributed by atoms with Gasteiger partial charge in [0.15, 0.2) is 5.96 Å². The molecule has 0 radical (unpaired) electrons. The number of hydrogen-bond acceptors (Lipinski definition) is 2. The van der Waals surface area contributed by atoms with Crippen molar-refractivity contribution in [1.29, 1.82) is 0 Å². The minimum atomic E-state index is -0.210. The van der Waals surface area contributed by atoms with Crippen LogP contribution in [0.2, 0.25) is 0 Å². The number of nitrogens with one attached hydrogen (secondary N) is 2. The zero-order valence-corrected chi connectivity index (χ0v) is 18.0. The highest BCUT2D eigenvalue weighted by Crippen LogP contribution is 2.13. The van der Waals surface area contributed by atoms with Crippen molar-refractivity contribution in [3.8, 4) is 0 Å². The van der Waals surface area contributed by atoms with Gasteiger partial charge >= 0.3 is 0 Å². The molecule has 1 aliphatic heterocycles. The molecule has 0 unspecified atom stereocenters. The smallest absolute Gasteiger partial charge is 0.191 e. The Labute approximate surface area is 178 Å². The lowest BCUT2D eigenvalue weighted by molar-refractivity contribution is 0.198. The SMILES string of the molecule is CN=C(NCc1ccc(F)cc1)NC1CCN(Cc2ccccc2)CC1.I. The number of piperidine rings is 1. The van der Waals surface area contributed by atoms with Crippen LogP contribution >= 0.6 is 24.0 Å². The molecule has 0 spiro atoms. The van der Waals surface area contributed by atoms with Crippen LogP contribution < -0.4 is 10.6 Å². The molecule has 3 rings (SSSR count). The van der Waals surface area contributed by atoms with Gasteiger partial charge in [-0.3, -0.25) is 9.89 Å². The lowest BCUT2D eigenvalue weighted by atomic mass is 10.0. The first-order valence-electron chi connectivity index (χ1n) is 9.21. The van der Waals surface area contributed by atoms with Gasteiger partial charge in [-0.05, 0) is 36.1 Å². The van der Waals surface area contributed by atoms with Crippen LogP contribution in [0.3, 0.4) is 0 Å². The third-order valence-electron chi connectivity index (χ3n) is 4.77. The van der Waals surface area contributed by atoms with Crippen molar-refractivity contribution >= 4 is 29.9 Å². The van der Waals surface area contributed by atoms with Gasteiger partial charge in [-0.1, -0.05) is 42.5 Å². The molecule has 2 N–H and O–H groups in total. The second-order valence-corrected chi connectivity index (χ2v) is 6.73. The molecule has 1 aliphatic rings. The number of halogens is 2. The van der Waals surface area contributed by atoms with E-state index in [2.05, 4.69) is 50.9 Å². The van der Waals surface area contributed by atoms with E-state index in [0.29, 0.717) is 12.6 Å². The molecule has 1 saturated heterocycles. The van der Waals surface area contributed by atoms with Crippen LogP contribution in [0.4, 0.5) is 4.39 Å². The number of guanidine groups is 1. The monoisotopic (exact) mass is 482 g/mol. The van der Waals surface area contributed by atoms with Crippen LogP contribution in [0, 0.1) is 5.82 Å². The summed E-state index contributed by atoms with van der Waals surface area (Å²) in [6, 6.07) is 17.6. The summed E-state index contributed by atoms with van der Waals surface area (Å²) < 4.78 is 13.0. The minimum absolute atomic E-state index is 0. The maximum absolute atomic E-state index is 13.0. The number of rotatable bonds is 5. The van der Waals surface area contributed by atoms with Crippen molar-refractivity contribution in [2.75, 3.05) is 20.1 Å². The van der Waals surface area contributed by atoms with Crippen LogP contribution in [0.25, 0.3) is 0 Å². The molecule has 1 heterocycles. The van der Waals surface area contributed by atoms with E-state index >= 15 is 0 Å². The van der Waals surface area contributed by atoms with E-state index in [0.717, 1.165) is 44.0 Å². The second kappa shape index (κ2) is 11.2. The van der Waals surface area contributed by atoms with Crippen molar-refractivity contribution in [1.82, 2.24) is 15.5 Å². The first kappa shape index (κ1) is 21.6. The fourth-order valence-corrected chi connectivity index (χ4v) is 3.25. The van der Waals surface area contributed by atoms with Crippen LogP contribution in [0.15, 0.2) is 59.6 Å². The molecule has 2 aromatic carbocycles. The Morgan fingerprint density at radius 3 is 2.33 bits per heavy atom. The molecule has 4 nitrogen and oxygen atoms in total. The van der Waals surface area contributed by atoms with Gasteiger partial charge in [0.05, 0.1) is 0 Å². The highest BCUT2D eigenvalue weighted by Gasteiger charge is 2.19. The molecule has 0 atom stereocenters. The Morgan fingerprint density at radius 1 is 1.04 bits per heavy atom. The number of nitrogens with zero attached hydrogens (tertiary/aromatic N) is 2. The van der Waals surface area contributed by atoms with E-state index in [9.17, 15) is 4.39 Å². The Kier molecular flexibility index (Phi) is 9.00. The van der Waals surface area contributed by atoms with Crippen molar-refractivity contribution in [3.63, 3.8) is 0 Å². The normalized spacial score (nSPS) is 15.9. The van der Waals surface area contributed by atoms with E-state index in [1.165, 1.54) is 17.7 Å². The van der Waals surface area contributed by atoms with E-state index in [1.54, 1.807) is 19.2 Å². The summed E-state index contributed by atoms with van der Waals surface area (Å²) in [4.78, 5) is 6.81. The van der Waals surface area contributed by atoms with Crippen molar-refractivity contribution < 1.29 is 4.39 Å². The average molecular weight is 482 g/mol. The number of likely N-dealkylation sites (tertiary alicyclic amines) is 1. The Bertz CT molecular complexity index is 698. The van der Waals surface area contributed by atoms with Gasteiger partial charge in [0, 0.05) is 39.3 Å². The molecule has 0 bridgehead atoms. The minimum Gasteiger partial charge on any atom is -0.354 e.